The molecule has 0 heterocycles. The molecule has 0 amide bonds. The summed E-state index contributed by atoms with van der Waals surface area (Å²) in [7, 11) is 0. The minimum absolute atomic E-state index is 0.0683. The van der Waals surface area contributed by atoms with Gasteiger partial charge in [-0.2, -0.15) is 0 Å². The molecule has 178 valence electrons. The lowest BCUT2D eigenvalue weighted by molar-refractivity contribution is -0.146. The van der Waals surface area contributed by atoms with Crippen molar-refractivity contribution >= 4 is 5.97 Å². The van der Waals surface area contributed by atoms with E-state index in [1.54, 1.807) is 0 Å². The number of ether oxygens (including phenoxy) is 2. The lowest BCUT2D eigenvalue weighted by Gasteiger charge is -2.40. The Morgan fingerprint density at radius 2 is 1.61 bits per heavy atom. The third-order valence-electron chi connectivity index (χ3n) is 7.21. The summed E-state index contributed by atoms with van der Waals surface area (Å²) in [4.78, 5) is 12.3. The summed E-state index contributed by atoms with van der Waals surface area (Å²) in [5.74, 6) is -0.715. The first-order chi connectivity index (χ1) is 16.0. The zero-order valence-corrected chi connectivity index (χ0v) is 19.1. The SMILES string of the molecule is CC1[C@@H](OCCCCC(=O)OCC2c3ccccc3-c3ccccc32)CC(CO)[C@@H](O)[C@@H]1O. The summed E-state index contributed by atoms with van der Waals surface area (Å²) in [5.41, 5.74) is 4.83. The van der Waals surface area contributed by atoms with Gasteiger partial charge in [-0.25, -0.2) is 0 Å². The Labute approximate surface area is 195 Å². The van der Waals surface area contributed by atoms with Crippen LogP contribution in [0, 0.1) is 11.8 Å². The zero-order valence-electron chi connectivity index (χ0n) is 19.1. The molecule has 2 aliphatic rings. The topological polar surface area (TPSA) is 96.2 Å². The number of carbonyl (C=O) groups excluding carboxylic acids is 1. The number of benzene rings is 2. The van der Waals surface area contributed by atoms with E-state index in [9.17, 15) is 20.1 Å². The molecule has 2 aromatic carbocycles. The summed E-state index contributed by atoms with van der Waals surface area (Å²) in [6.45, 7) is 2.48. The Bertz CT molecular complexity index is 896. The number of hydrogen-bond donors (Lipinski definition) is 3. The fourth-order valence-corrected chi connectivity index (χ4v) is 5.16. The summed E-state index contributed by atoms with van der Waals surface area (Å²) in [6, 6.07) is 16.6. The number of hydrogen-bond acceptors (Lipinski definition) is 6. The van der Waals surface area contributed by atoms with Gasteiger partial charge < -0.3 is 24.8 Å². The van der Waals surface area contributed by atoms with Crippen LogP contribution >= 0.6 is 0 Å². The van der Waals surface area contributed by atoms with Crippen molar-refractivity contribution in [3.05, 3.63) is 59.7 Å². The van der Waals surface area contributed by atoms with Gasteiger partial charge in [0.1, 0.15) is 6.61 Å². The van der Waals surface area contributed by atoms with Crippen molar-refractivity contribution in [2.45, 2.75) is 56.8 Å². The van der Waals surface area contributed by atoms with Gasteiger partial charge >= 0.3 is 5.97 Å². The summed E-state index contributed by atoms with van der Waals surface area (Å²) < 4.78 is 11.6. The number of rotatable bonds is 9. The molecule has 1 saturated carbocycles. The molecule has 2 unspecified atom stereocenters. The highest BCUT2D eigenvalue weighted by molar-refractivity contribution is 5.79. The fourth-order valence-electron chi connectivity index (χ4n) is 5.16. The van der Waals surface area contributed by atoms with Crippen molar-refractivity contribution in [3.8, 4) is 11.1 Å². The van der Waals surface area contributed by atoms with E-state index in [2.05, 4.69) is 24.3 Å². The maximum Gasteiger partial charge on any atom is 0.305 e. The van der Waals surface area contributed by atoms with Gasteiger partial charge in [0.25, 0.3) is 0 Å². The van der Waals surface area contributed by atoms with Crippen LogP contribution in [0.1, 0.15) is 49.7 Å². The van der Waals surface area contributed by atoms with Crippen LogP contribution in [0.15, 0.2) is 48.5 Å². The molecule has 0 spiro atoms. The van der Waals surface area contributed by atoms with Gasteiger partial charge in [-0.3, -0.25) is 4.79 Å². The Morgan fingerprint density at radius 1 is 0.970 bits per heavy atom. The predicted octanol–water partition coefficient (Wildman–Crippen LogP) is 3.27. The predicted molar refractivity (Wildman–Crippen MR) is 125 cm³/mol. The zero-order chi connectivity index (χ0) is 23.4. The molecule has 0 aromatic heterocycles. The standard InChI is InChI=1S/C27H34O6/c1-17-24(14-18(15-28)27(31)26(17)30)32-13-7-6-12-25(29)33-16-23-21-10-4-2-8-19(21)20-9-3-5-11-22(20)23/h2-5,8-11,17-18,23-24,26-28,30-31H,6-7,12-16H2,1H3/t17?,18?,24-,26+,27+/m0/s1. The molecule has 0 aliphatic heterocycles. The van der Waals surface area contributed by atoms with Crippen molar-refractivity contribution in [2.24, 2.45) is 11.8 Å². The highest BCUT2D eigenvalue weighted by Crippen LogP contribution is 2.44. The minimum Gasteiger partial charge on any atom is -0.465 e. The second kappa shape index (κ2) is 10.8. The van der Waals surface area contributed by atoms with E-state index in [4.69, 9.17) is 9.47 Å². The first kappa shape index (κ1) is 23.9. The van der Waals surface area contributed by atoms with Crippen LogP contribution in [0.25, 0.3) is 11.1 Å². The van der Waals surface area contributed by atoms with Gasteiger partial charge in [-0.15, -0.1) is 0 Å². The van der Waals surface area contributed by atoms with Gasteiger partial charge in [0.15, 0.2) is 0 Å². The Kier molecular flexibility index (Phi) is 7.81. The van der Waals surface area contributed by atoms with E-state index in [1.807, 2.05) is 31.2 Å². The summed E-state index contributed by atoms with van der Waals surface area (Å²) in [5, 5.41) is 29.6. The van der Waals surface area contributed by atoms with Crippen LogP contribution in [-0.2, 0) is 14.3 Å². The van der Waals surface area contributed by atoms with E-state index in [1.165, 1.54) is 22.3 Å². The maximum absolute atomic E-state index is 12.3. The van der Waals surface area contributed by atoms with E-state index in [0.717, 1.165) is 0 Å². The molecule has 1 fully saturated rings. The largest absolute Gasteiger partial charge is 0.465 e. The van der Waals surface area contributed by atoms with Crippen LogP contribution in [0.2, 0.25) is 0 Å². The molecule has 5 atom stereocenters. The van der Waals surface area contributed by atoms with E-state index >= 15 is 0 Å². The lowest BCUT2D eigenvalue weighted by Crippen LogP contribution is -2.50. The third kappa shape index (κ3) is 5.14. The van der Waals surface area contributed by atoms with Gasteiger partial charge in [0.05, 0.1) is 18.3 Å². The highest BCUT2D eigenvalue weighted by atomic mass is 16.5. The molecule has 0 bridgehead atoms. The Hall–Kier alpha value is -2.25. The fraction of sp³-hybridized carbons (Fsp3) is 0.519. The van der Waals surface area contributed by atoms with Crippen LogP contribution in [0.4, 0.5) is 0 Å². The molecular weight excluding hydrogens is 420 g/mol. The molecule has 0 saturated heterocycles. The highest BCUT2D eigenvalue weighted by Gasteiger charge is 2.41. The quantitative estimate of drug-likeness (QED) is 0.398. The average molecular weight is 455 g/mol. The smallest absolute Gasteiger partial charge is 0.305 e. The van der Waals surface area contributed by atoms with Gasteiger partial charge in [-0.1, -0.05) is 55.5 Å². The molecular formula is C27H34O6. The molecule has 6 nitrogen and oxygen atoms in total. The van der Waals surface area contributed by atoms with Crippen molar-refractivity contribution in [1.82, 2.24) is 0 Å². The van der Waals surface area contributed by atoms with E-state index in [-0.39, 0.29) is 36.4 Å². The lowest BCUT2D eigenvalue weighted by atomic mass is 9.77. The normalized spacial score (nSPS) is 26.6. The maximum atomic E-state index is 12.3. The van der Waals surface area contributed by atoms with Crippen LogP contribution in [0.3, 0.4) is 0 Å². The number of fused-ring (bicyclic) bond motifs is 3. The molecule has 4 rings (SSSR count). The first-order valence-corrected chi connectivity index (χ1v) is 11.9. The van der Waals surface area contributed by atoms with Crippen LogP contribution in [0.5, 0.6) is 0 Å². The molecule has 3 N–H and O–H groups in total. The minimum atomic E-state index is -0.918. The van der Waals surface area contributed by atoms with Crippen molar-refractivity contribution in [3.63, 3.8) is 0 Å². The number of aliphatic hydroxyl groups excluding tert-OH is 3. The molecule has 6 heteroatoms. The second-order valence-corrected chi connectivity index (χ2v) is 9.30. The second-order valence-electron chi connectivity index (χ2n) is 9.30. The monoisotopic (exact) mass is 454 g/mol. The average Bonchev–Trinajstić information content (AvgIpc) is 3.16. The number of unbranched alkanes of at least 4 members (excludes halogenated alkanes) is 1. The van der Waals surface area contributed by atoms with Crippen LogP contribution in [-0.4, -0.2) is 59.4 Å². The number of aliphatic hydroxyl groups is 3. The molecule has 2 aromatic rings. The van der Waals surface area contributed by atoms with Gasteiger partial charge in [-0.05, 0) is 41.5 Å². The van der Waals surface area contributed by atoms with Gasteiger partial charge in [0, 0.05) is 37.4 Å². The summed E-state index contributed by atoms with van der Waals surface area (Å²) >= 11 is 0. The number of carbonyl (C=O) groups is 1. The van der Waals surface area contributed by atoms with Gasteiger partial charge in [0.2, 0.25) is 0 Å². The summed E-state index contributed by atoms with van der Waals surface area (Å²) in [6.07, 6.45) is 0.181. The Balaban J connectivity index is 1.20. The molecule has 33 heavy (non-hydrogen) atoms. The molecule has 2 aliphatic carbocycles. The van der Waals surface area contributed by atoms with E-state index in [0.29, 0.717) is 38.9 Å². The van der Waals surface area contributed by atoms with Crippen molar-refractivity contribution in [1.29, 1.82) is 0 Å². The third-order valence-corrected chi connectivity index (χ3v) is 7.21. The Morgan fingerprint density at radius 3 is 2.24 bits per heavy atom. The first-order valence-electron chi connectivity index (χ1n) is 11.9. The molecule has 0 radical (unpaired) electrons. The van der Waals surface area contributed by atoms with Crippen LogP contribution < -0.4 is 0 Å². The van der Waals surface area contributed by atoms with Crippen molar-refractivity contribution < 1.29 is 29.6 Å². The van der Waals surface area contributed by atoms with Crippen molar-refractivity contribution in [2.75, 3.05) is 19.8 Å². The number of esters is 1. The van der Waals surface area contributed by atoms with E-state index < -0.39 is 12.2 Å².